The number of ether oxygens (including phenoxy) is 1. The number of carbonyl (C=O) groups excluding carboxylic acids is 1. The van der Waals surface area contributed by atoms with Gasteiger partial charge in [-0.1, -0.05) is 22.9 Å². The van der Waals surface area contributed by atoms with E-state index in [1.807, 2.05) is 0 Å². The second-order valence-electron chi connectivity index (χ2n) is 4.01. The molecular formula is C12H13ClN2O2S2. The molecule has 0 saturated heterocycles. The van der Waals surface area contributed by atoms with Gasteiger partial charge in [-0.25, -0.2) is 9.78 Å². The lowest BCUT2D eigenvalue weighted by molar-refractivity contribution is 0.0606. The molecule has 2 aromatic heterocycles. The first-order chi connectivity index (χ1) is 9.10. The van der Waals surface area contributed by atoms with Crippen molar-refractivity contribution in [3.63, 3.8) is 0 Å². The van der Waals surface area contributed by atoms with Crippen LogP contribution < -0.4 is 5.32 Å². The molecule has 0 aliphatic carbocycles. The molecule has 7 heteroatoms. The quantitative estimate of drug-likeness (QED) is 0.855. The van der Waals surface area contributed by atoms with Gasteiger partial charge in [0.05, 0.1) is 7.11 Å². The minimum atomic E-state index is -0.457. The van der Waals surface area contributed by atoms with E-state index in [-0.39, 0.29) is 11.2 Å². The maximum absolute atomic E-state index is 11.4. The first-order valence-corrected chi connectivity index (χ1v) is 7.76. The van der Waals surface area contributed by atoms with Crippen molar-refractivity contribution in [3.8, 4) is 0 Å². The SMILES string of the molecule is COC(=O)c1sc(NC(C)Cc2ccsc2)nc1Cl. The Morgan fingerprint density at radius 1 is 1.63 bits per heavy atom. The number of aromatic nitrogens is 1. The fourth-order valence-electron chi connectivity index (χ4n) is 1.61. The Hall–Kier alpha value is -1.11. The van der Waals surface area contributed by atoms with E-state index in [1.165, 1.54) is 24.0 Å². The van der Waals surface area contributed by atoms with E-state index in [4.69, 9.17) is 11.6 Å². The predicted octanol–water partition coefficient (Wildman–Crippen LogP) is 3.69. The third kappa shape index (κ3) is 3.68. The molecule has 2 heterocycles. The van der Waals surface area contributed by atoms with Crippen molar-refractivity contribution in [2.75, 3.05) is 12.4 Å². The summed E-state index contributed by atoms with van der Waals surface area (Å²) >= 11 is 8.79. The minimum Gasteiger partial charge on any atom is -0.465 e. The van der Waals surface area contributed by atoms with Crippen molar-refractivity contribution >= 4 is 45.4 Å². The van der Waals surface area contributed by atoms with Crippen LogP contribution in [0.15, 0.2) is 16.8 Å². The van der Waals surface area contributed by atoms with Gasteiger partial charge in [0.2, 0.25) is 0 Å². The Morgan fingerprint density at radius 2 is 2.42 bits per heavy atom. The van der Waals surface area contributed by atoms with Gasteiger partial charge in [-0.15, -0.1) is 0 Å². The fraction of sp³-hybridized carbons (Fsp3) is 0.333. The summed E-state index contributed by atoms with van der Waals surface area (Å²) in [5.74, 6) is -0.457. The number of thiazole rings is 1. The number of anilines is 1. The summed E-state index contributed by atoms with van der Waals surface area (Å²) in [6.45, 7) is 2.06. The highest BCUT2D eigenvalue weighted by Gasteiger charge is 2.18. The molecule has 0 saturated carbocycles. The number of nitrogens with one attached hydrogen (secondary N) is 1. The van der Waals surface area contributed by atoms with Gasteiger partial charge in [-0.05, 0) is 35.7 Å². The first kappa shape index (κ1) is 14.3. The standard InChI is InChI=1S/C12H13ClN2O2S2/c1-7(5-8-3-4-18-6-8)14-12-15-10(13)9(19-12)11(16)17-2/h3-4,6-7H,5H2,1-2H3,(H,14,15). The molecule has 0 bridgehead atoms. The molecule has 1 atom stereocenters. The maximum atomic E-state index is 11.4. The van der Waals surface area contributed by atoms with Crippen LogP contribution in [0.4, 0.5) is 5.13 Å². The molecule has 1 unspecified atom stereocenters. The lowest BCUT2D eigenvalue weighted by Gasteiger charge is -2.11. The first-order valence-electron chi connectivity index (χ1n) is 5.62. The molecule has 102 valence electrons. The second-order valence-corrected chi connectivity index (χ2v) is 6.15. The molecule has 1 N–H and O–H groups in total. The number of thiophene rings is 1. The van der Waals surface area contributed by atoms with Crippen LogP contribution >= 0.6 is 34.3 Å². The Kier molecular flexibility index (Phi) is 4.79. The van der Waals surface area contributed by atoms with E-state index < -0.39 is 5.97 Å². The van der Waals surface area contributed by atoms with E-state index in [0.29, 0.717) is 10.0 Å². The van der Waals surface area contributed by atoms with Crippen LogP contribution in [0.5, 0.6) is 0 Å². The van der Waals surface area contributed by atoms with E-state index in [1.54, 1.807) is 11.3 Å². The van der Waals surface area contributed by atoms with Crippen molar-refractivity contribution in [2.45, 2.75) is 19.4 Å². The van der Waals surface area contributed by atoms with E-state index in [9.17, 15) is 4.79 Å². The topological polar surface area (TPSA) is 51.2 Å². The number of hydrogen-bond acceptors (Lipinski definition) is 6. The fourth-order valence-corrected chi connectivity index (χ4v) is 3.50. The molecule has 0 aliphatic rings. The molecule has 0 radical (unpaired) electrons. The predicted molar refractivity (Wildman–Crippen MR) is 79.6 cm³/mol. The van der Waals surface area contributed by atoms with Crippen LogP contribution in [0.3, 0.4) is 0 Å². The third-order valence-corrected chi connectivity index (χ3v) is 4.53. The van der Waals surface area contributed by atoms with Crippen LogP contribution in [0.2, 0.25) is 5.15 Å². The van der Waals surface area contributed by atoms with Crippen LogP contribution in [0.1, 0.15) is 22.2 Å². The number of hydrogen-bond donors (Lipinski definition) is 1. The normalized spacial score (nSPS) is 12.2. The Balaban J connectivity index is 2.01. The molecule has 4 nitrogen and oxygen atoms in total. The highest BCUT2D eigenvalue weighted by Crippen LogP contribution is 2.28. The zero-order chi connectivity index (χ0) is 13.8. The van der Waals surface area contributed by atoms with Crippen molar-refractivity contribution < 1.29 is 9.53 Å². The largest absolute Gasteiger partial charge is 0.465 e. The zero-order valence-electron chi connectivity index (χ0n) is 10.5. The van der Waals surface area contributed by atoms with Gasteiger partial charge in [0.25, 0.3) is 0 Å². The smallest absolute Gasteiger partial charge is 0.351 e. The van der Waals surface area contributed by atoms with E-state index in [0.717, 1.165) is 6.42 Å². The van der Waals surface area contributed by atoms with Crippen LogP contribution in [-0.2, 0) is 11.2 Å². The second kappa shape index (κ2) is 6.36. The zero-order valence-corrected chi connectivity index (χ0v) is 12.9. The molecule has 2 aromatic rings. The Labute approximate surface area is 124 Å². The van der Waals surface area contributed by atoms with Gasteiger partial charge >= 0.3 is 5.97 Å². The van der Waals surface area contributed by atoms with Gasteiger partial charge in [0.1, 0.15) is 0 Å². The minimum absolute atomic E-state index is 0.182. The number of esters is 1. The van der Waals surface area contributed by atoms with Crippen LogP contribution in [-0.4, -0.2) is 24.1 Å². The van der Waals surface area contributed by atoms with Crippen molar-refractivity contribution in [2.24, 2.45) is 0 Å². The molecule has 0 fully saturated rings. The highest BCUT2D eigenvalue weighted by atomic mass is 35.5. The number of rotatable bonds is 5. The van der Waals surface area contributed by atoms with E-state index >= 15 is 0 Å². The molecule has 2 rings (SSSR count). The average molecular weight is 317 g/mol. The summed E-state index contributed by atoms with van der Waals surface area (Å²) in [6.07, 6.45) is 0.897. The average Bonchev–Trinajstić information content (AvgIpc) is 2.98. The Morgan fingerprint density at radius 3 is 3.05 bits per heavy atom. The van der Waals surface area contributed by atoms with Crippen LogP contribution in [0, 0.1) is 0 Å². The van der Waals surface area contributed by atoms with E-state index in [2.05, 4.69) is 38.8 Å². The molecule has 0 aromatic carbocycles. The summed E-state index contributed by atoms with van der Waals surface area (Å²) in [6, 6.07) is 2.31. The molecule has 0 amide bonds. The van der Waals surface area contributed by atoms with Crippen LogP contribution in [0.25, 0.3) is 0 Å². The summed E-state index contributed by atoms with van der Waals surface area (Å²) < 4.78 is 4.64. The number of nitrogens with zero attached hydrogens (tertiary/aromatic N) is 1. The van der Waals surface area contributed by atoms with Gasteiger partial charge in [-0.2, -0.15) is 11.3 Å². The molecule has 19 heavy (non-hydrogen) atoms. The molecule has 0 aliphatic heterocycles. The molecular weight excluding hydrogens is 304 g/mol. The van der Waals surface area contributed by atoms with Gasteiger partial charge < -0.3 is 10.1 Å². The van der Waals surface area contributed by atoms with Gasteiger partial charge in [-0.3, -0.25) is 0 Å². The van der Waals surface area contributed by atoms with Gasteiger partial charge in [0, 0.05) is 6.04 Å². The monoisotopic (exact) mass is 316 g/mol. The van der Waals surface area contributed by atoms with Crippen molar-refractivity contribution in [3.05, 3.63) is 32.4 Å². The number of methoxy groups -OCH3 is 1. The maximum Gasteiger partial charge on any atom is 0.351 e. The third-order valence-electron chi connectivity index (χ3n) is 2.45. The highest BCUT2D eigenvalue weighted by molar-refractivity contribution is 7.18. The van der Waals surface area contributed by atoms with Crippen molar-refractivity contribution in [1.29, 1.82) is 0 Å². The summed E-state index contributed by atoms with van der Waals surface area (Å²) in [5.41, 5.74) is 1.28. The summed E-state index contributed by atoms with van der Waals surface area (Å²) in [4.78, 5) is 15.9. The lowest BCUT2D eigenvalue weighted by atomic mass is 10.1. The summed E-state index contributed by atoms with van der Waals surface area (Å²) in [5, 5.41) is 8.23. The lowest BCUT2D eigenvalue weighted by Crippen LogP contribution is -2.17. The Bertz CT molecular complexity index is 554. The van der Waals surface area contributed by atoms with Crippen molar-refractivity contribution in [1.82, 2.24) is 4.98 Å². The molecule has 0 spiro atoms. The number of carbonyl (C=O) groups is 1. The summed E-state index contributed by atoms with van der Waals surface area (Å²) in [7, 11) is 1.32. The number of halogens is 1. The van der Waals surface area contributed by atoms with Gasteiger partial charge in [0.15, 0.2) is 15.2 Å².